The van der Waals surface area contributed by atoms with E-state index < -0.39 is 5.97 Å². The van der Waals surface area contributed by atoms with E-state index in [2.05, 4.69) is 10.2 Å². The summed E-state index contributed by atoms with van der Waals surface area (Å²) in [4.78, 5) is 11.6. The van der Waals surface area contributed by atoms with Crippen molar-refractivity contribution in [3.8, 4) is 11.3 Å². The van der Waals surface area contributed by atoms with E-state index in [1.54, 1.807) is 12.1 Å². The standard InChI is InChI=1S/C14H10ClN3O2/c1-20-14(19)11-8-16-18-13(11)6-5-12(17-18)9-3-2-4-10(15)7-9/h2-8H,1H3. The number of esters is 1. The van der Waals surface area contributed by atoms with Crippen LogP contribution in [0.1, 0.15) is 10.4 Å². The molecule has 5 nitrogen and oxygen atoms in total. The molecule has 6 heteroatoms. The quantitative estimate of drug-likeness (QED) is 0.680. The average molecular weight is 288 g/mol. The summed E-state index contributed by atoms with van der Waals surface area (Å²) in [6.45, 7) is 0. The number of nitrogens with zero attached hydrogens (tertiary/aromatic N) is 3. The highest BCUT2D eigenvalue weighted by Crippen LogP contribution is 2.22. The smallest absolute Gasteiger partial charge is 0.341 e. The Labute approximate surface area is 119 Å². The van der Waals surface area contributed by atoms with Crippen molar-refractivity contribution in [2.75, 3.05) is 7.11 Å². The molecular weight excluding hydrogens is 278 g/mol. The number of ether oxygens (including phenoxy) is 1. The van der Waals surface area contributed by atoms with E-state index >= 15 is 0 Å². The molecule has 0 N–H and O–H groups in total. The molecule has 1 aromatic carbocycles. The third-order valence-electron chi connectivity index (χ3n) is 2.91. The van der Waals surface area contributed by atoms with E-state index in [0.29, 0.717) is 16.1 Å². The van der Waals surface area contributed by atoms with Crippen LogP contribution in [0.5, 0.6) is 0 Å². The van der Waals surface area contributed by atoms with Crippen LogP contribution in [-0.2, 0) is 4.74 Å². The van der Waals surface area contributed by atoms with Gasteiger partial charge in [0.15, 0.2) is 0 Å². The lowest BCUT2D eigenvalue weighted by Crippen LogP contribution is -2.01. The number of methoxy groups -OCH3 is 1. The summed E-state index contributed by atoms with van der Waals surface area (Å²) in [5.74, 6) is -0.433. The van der Waals surface area contributed by atoms with Crippen LogP contribution in [0.25, 0.3) is 16.8 Å². The van der Waals surface area contributed by atoms with Crippen molar-refractivity contribution in [3.05, 3.63) is 53.2 Å². The topological polar surface area (TPSA) is 56.5 Å². The maximum atomic E-state index is 11.6. The van der Waals surface area contributed by atoms with Crippen LogP contribution >= 0.6 is 11.6 Å². The molecule has 0 bridgehead atoms. The SMILES string of the molecule is COC(=O)c1cnn2nc(-c3cccc(Cl)c3)ccc12. The first-order valence-electron chi connectivity index (χ1n) is 5.88. The number of benzene rings is 1. The molecule has 3 rings (SSSR count). The largest absolute Gasteiger partial charge is 0.465 e. The number of aromatic nitrogens is 3. The molecule has 3 aromatic rings. The number of fused-ring (bicyclic) bond motifs is 1. The van der Waals surface area contributed by atoms with Crippen molar-refractivity contribution in [3.63, 3.8) is 0 Å². The molecule has 0 spiro atoms. The van der Waals surface area contributed by atoms with Gasteiger partial charge in [-0.3, -0.25) is 0 Å². The highest BCUT2D eigenvalue weighted by Gasteiger charge is 2.14. The Morgan fingerprint density at radius 3 is 2.90 bits per heavy atom. The minimum atomic E-state index is -0.433. The fraction of sp³-hybridized carbons (Fsp3) is 0.0714. The zero-order valence-corrected chi connectivity index (χ0v) is 11.3. The first-order chi connectivity index (χ1) is 9.69. The van der Waals surface area contributed by atoms with E-state index in [1.807, 2.05) is 24.3 Å². The van der Waals surface area contributed by atoms with Gasteiger partial charge in [-0.05, 0) is 24.3 Å². The zero-order chi connectivity index (χ0) is 14.1. The van der Waals surface area contributed by atoms with E-state index in [1.165, 1.54) is 17.9 Å². The molecule has 2 aromatic heterocycles. The Morgan fingerprint density at radius 2 is 2.15 bits per heavy atom. The Bertz CT molecular complexity index is 798. The van der Waals surface area contributed by atoms with Crippen molar-refractivity contribution in [1.82, 2.24) is 14.8 Å². The summed E-state index contributed by atoms with van der Waals surface area (Å²) in [7, 11) is 1.33. The van der Waals surface area contributed by atoms with Gasteiger partial charge in [0, 0.05) is 10.6 Å². The number of hydrogen-bond donors (Lipinski definition) is 0. The van der Waals surface area contributed by atoms with Gasteiger partial charge in [-0.1, -0.05) is 23.7 Å². The second-order valence-electron chi connectivity index (χ2n) is 4.15. The van der Waals surface area contributed by atoms with Gasteiger partial charge in [-0.25, -0.2) is 4.79 Å². The summed E-state index contributed by atoms with van der Waals surface area (Å²) in [5.41, 5.74) is 2.59. The maximum absolute atomic E-state index is 11.6. The van der Waals surface area contributed by atoms with Crippen LogP contribution in [0.15, 0.2) is 42.6 Å². The second-order valence-corrected chi connectivity index (χ2v) is 4.59. The minimum absolute atomic E-state index is 0.387. The molecule has 0 fully saturated rings. The Morgan fingerprint density at radius 1 is 1.30 bits per heavy atom. The van der Waals surface area contributed by atoms with E-state index in [-0.39, 0.29) is 0 Å². The fourth-order valence-electron chi connectivity index (χ4n) is 1.95. The van der Waals surface area contributed by atoms with Crippen LogP contribution in [0.4, 0.5) is 0 Å². The normalized spacial score (nSPS) is 10.7. The molecule has 0 radical (unpaired) electrons. The van der Waals surface area contributed by atoms with Gasteiger partial charge in [0.05, 0.1) is 19.0 Å². The molecule has 100 valence electrons. The van der Waals surface area contributed by atoms with E-state index in [4.69, 9.17) is 16.3 Å². The Balaban J connectivity index is 2.10. The van der Waals surface area contributed by atoms with Crippen LogP contribution in [0, 0.1) is 0 Å². The first-order valence-corrected chi connectivity index (χ1v) is 6.26. The lowest BCUT2D eigenvalue weighted by Gasteiger charge is -2.02. The van der Waals surface area contributed by atoms with Crippen LogP contribution in [-0.4, -0.2) is 27.9 Å². The van der Waals surface area contributed by atoms with Gasteiger partial charge in [0.25, 0.3) is 0 Å². The van der Waals surface area contributed by atoms with Crippen molar-refractivity contribution >= 4 is 23.1 Å². The van der Waals surface area contributed by atoms with Gasteiger partial charge in [0.1, 0.15) is 11.1 Å². The molecule has 2 heterocycles. The molecule has 0 aliphatic rings. The maximum Gasteiger partial charge on any atom is 0.341 e. The third kappa shape index (κ3) is 2.12. The van der Waals surface area contributed by atoms with Crippen LogP contribution < -0.4 is 0 Å². The molecule has 0 aliphatic heterocycles. The van der Waals surface area contributed by atoms with Crippen molar-refractivity contribution in [1.29, 1.82) is 0 Å². The molecule has 0 amide bonds. The van der Waals surface area contributed by atoms with Crippen molar-refractivity contribution < 1.29 is 9.53 Å². The number of hydrogen-bond acceptors (Lipinski definition) is 4. The molecule has 0 aliphatic carbocycles. The molecule has 0 unspecified atom stereocenters. The van der Waals surface area contributed by atoms with E-state index in [9.17, 15) is 4.79 Å². The lowest BCUT2D eigenvalue weighted by atomic mass is 10.1. The van der Waals surface area contributed by atoms with Crippen molar-refractivity contribution in [2.24, 2.45) is 0 Å². The van der Waals surface area contributed by atoms with Gasteiger partial charge >= 0.3 is 5.97 Å². The molecule has 20 heavy (non-hydrogen) atoms. The number of halogens is 1. The zero-order valence-electron chi connectivity index (χ0n) is 10.6. The lowest BCUT2D eigenvalue weighted by molar-refractivity contribution is 0.0603. The Kier molecular flexibility index (Phi) is 3.12. The van der Waals surface area contributed by atoms with Gasteiger partial charge in [-0.2, -0.15) is 9.73 Å². The summed E-state index contributed by atoms with van der Waals surface area (Å²) in [6.07, 6.45) is 1.44. The molecule has 0 saturated carbocycles. The second kappa shape index (κ2) is 4.94. The highest BCUT2D eigenvalue weighted by atomic mass is 35.5. The molecule has 0 saturated heterocycles. The summed E-state index contributed by atoms with van der Waals surface area (Å²) < 4.78 is 6.10. The minimum Gasteiger partial charge on any atom is -0.465 e. The summed E-state index contributed by atoms with van der Waals surface area (Å²) in [5, 5.41) is 9.07. The first kappa shape index (κ1) is 12.6. The van der Waals surface area contributed by atoms with Gasteiger partial charge in [-0.15, -0.1) is 5.10 Å². The molecular formula is C14H10ClN3O2. The average Bonchev–Trinajstić information content (AvgIpc) is 2.89. The van der Waals surface area contributed by atoms with E-state index in [0.717, 1.165) is 11.3 Å². The predicted octanol–water partition coefficient (Wildman–Crippen LogP) is 2.84. The third-order valence-corrected chi connectivity index (χ3v) is 3.15. The number of carbonyl (C=O) groups excluding carboxylic acids is 1. The number of rotatable bonds is 2. The van der Waals surface area contributed by atoms with Crippen LogP contribution in [0.2, 0.25) is 5.02 Å². The molecule has 0 atom stereocenters. The van der Waals surface area contributed by atoms with Crippen molar-refractivity contribution in [2.45, 2.75) is 0 Å². The number of carbonyl (C=O) groups is 1. The fourth-order valence-corrected chi connectivity index (χ4v) is 2.14. The monoisotopic (exact) mass is 287 g/mol. The van der Waals surface area contributed by atoms with Gasteiger partial charge in [0.2, 0.25) is 0 Å². The van der Waals surface area contributed by atoms with Gasteiger partial charge < -0.3 is 4.74 Å². The highest BCUT2D eigenvalue weighted by molar-refractivity contribution is 6.30. The Hall–Kier alpha value is -2.40. The summed E-state index contributed by atoms with van der Waals surface area (Å²) in [6, 6.07) is 11.0. The summed E-state index contributed by atoms with van der Waals surface area (Å²) >= 11 is 5.97. The van der Waals surface area contributed by atoms with Crippen LogP contribution in [0.3, 0.4) is 0 Å². The predicted molar refractivity (Wildman–Crippen MR) is 74.8 cm³/mol.